The van der Waals surface area contributed by atoms with Crippen molar-refractivity contribution in [3.63, 3.8) is 0 Å². The van der Waals surface area contributed by atoms with Crippen molar-refractivity contribution in [2.24, 2.45) is 5.92 Å². The number of nitrogens with zero attached hydrogens (tertiary/aromatic N) is 4. The maximum Gasteiger partial charge on any atom is 0.232 e. The van der Waals surface area contributed by atoms with E-state index in [-0.39, 0.29) is 0 Å². The first-order chi connectivity index (χ1) is 11.4. The van der Waals surface area contributed by atoms with E-state index in [4.69, 9.17) is 9.15 Å². The molecule has 0 bridgehead atoms. The zero-order chi connectivity index (χ0) is 15.5. The highest BCUT2D eigenvalue weighted by Crippen LogP contribution is 2.29. The molecule has 0 radical (unpaired) electrons. The Morgan fingerprint density at radius 3 is 3.13 bits per heavy atom. The van der Waals surface area contributed by atoms with Gasteiger partial charge in [0.2, 0.25) is 5.88 Å². The van der Waals surface area contributed by atoms with Gasteiger partial charge in [-0.2, -0.15) is 0 Å². The third-order valence-corrected chi connectivity index (χ3v) is 4.18. The van der Waals surface area contributed by atoms with Gasteiger partial charge in [0.1, 0.15) is 11.4 Å². The fraction of sp³-hybridized carbons (Fsp3) is 0.353. The van der Waals surface area contributed by atoms with Gasteiger partial charge in [0.15, 0.2) is 0 Å². The van der Waals surface area contributed by atoms with Gasteiger partial charge in [-0.15, -0.1) is 0 Å². The summed E-state index contributed by atoms with van der Waals surface area (Å²) in [4.78, 5) is 15.1. The molecule has 118 valence electrons. The molecule has 0 spiro atoms. The molecule has 0 saturated carbocycles. The molecule has 3 aromatic rings. The molecule has 3 aromatic heterocycles. The topological polar surface area (TPSA) is 64.3 Å². The summed E-state index contributed by atoms with van der Waals surface area (Å²) < 4.78 is 11.2. The van der Waals surface area contributed by atoms with Gasteiger partial charge in [-0.25, -0.2) is 9.97 Å². The van der Waals surface area contributed by atoms with E-state index in [0.29, 0.717) is 18.4 Å². The van der Waals surface area contributed by atoms with Crippen LogP contribution in [0.4, 0.5) is 5.82 Å². The largest absolute Gasteiger partial charge is 0.476 e. The first kappa shape index (κ1) is 14.0. The third-order valence-electron chi connectivity index (χ3n) is 4.18. The first-order valence-corrected chi connectivity index (χ1v) is 7.86. The lowest BCUT2D eigenvalue weighted by molar-refractivity contribution is 0.221. The molecule has 1 aliphatic heterocycles. The normalized spacial score (nSPS) is 18.3. The van der Waals surface area contributed by atoms with Crippen LogP contribution in [0.25, 0.3) is 11.0 Å². The van der Waals surface area contributed by atoms with Gasteiger partial charge in [0.25, 0.3) is 0 Å². The molecule has 6 heteroatoms. The van der Waals surface area contributed by atoms with Crippen LogP contribution in [0.1, 0.15) is 12.8 Å². The number of fused-ring (bicyclic) bond motifs is 1. The number of anilines is 1. The van der Waals surface area contributed by atoms with Crippen LogP contribution in [-0.2, 0) is 0 Å². The van der Waals surface area contributed by atoms with Gasteiger partial charge in [0, 0.05) is 37.6 Å². The summed E-state index contributed by atoms with van der Waals surface area (Å²) in [6, 6.07) is 3.88. The van der Waals surface area contributed by atoms with Crippen LogP contribution >= 0.6 is 0 Å². The Labute approximate surface area is 134 Å². The van der Waals surface area contributed by atoms with Crippen LogP contribution < -0.4 is 9.64 Å². The van der Waals surface area contributed by atoms with Gasteiger partial charge < -0.3 is 14.1 Å². The Kier molecular flexibility index (Phi) is 3.80. The minimum Gasteiger partial charge on any atom is -0.476 e. The molecular weight excluding hydrogens is 292 g/mol. The molecule has 1 fully saturated rings. The average Bonchev–Trinajstić information content (AvgIpc) is 3.10. The number of rotatable bonds is 4. The van der Waals surface area contributed by atoms with Crippen molar-refractivity contribution in [2.75, 3.05) is 24.6 Å². The van der Waals surface area contributed by atoms with Gasteiger partial charge >= 0.3 is 0 Å². The molecule has 4 rings (SSSR count). The predicted molar refractivity (Wildman–Crippen MR) is 86.5 cm³/mol. The van der Waals surface area contributed by atoms with Crippen LogP contribution in [0.5, 0.6) is 5.88 Å². The molecule has 1 atom stereocenters. The second-order valence-corrected chi connectivity index (χ2v) is 5.78. The second-order valence-electron chi connectivity index (χ2n) is 5.78. The number of hydrogen-bond acceptors (Lipinski definition) is 6. The van der Waals surface area contributed by atoms with E-state index < -0.39 is 0 Å². The van der Waals surface area contributed by atoms with Crippen molar-refractivity contribution in [1.29, 1.82) is 0 Å². The molecule has 0 amide bonds. The quantitative estimate of drug-likeness (QED) is 0.738. The monoisotopic (exact) mass is 310 g/mol. The van der Waals surface area contributed by atoms with E-state index >= 15 is 0 Å². The molecule has 1 aliphatic rings. The van der Waals surface area contributed by atoms with Crippen LogP contribution in [-0.4, -0.2) is 34.6 Å². The van der Waals surface area contributed by atoms with E-state index in [1.807, 2.05) is 12.1 Å². The minimum absolute atomic E-state index is 0.453. The molecule has 0 aliphatic carbocycles. The Morgan fingerprint density at radius 1 is 1.22 bits per heavy atom. The highest BCUT2D eigenvalue weighted by molar-refractivity contribution is 5.88. The maximum absolute atomic E-state index is 5.76. The summed E-state index contributed by atoms with van der Waals surface area (Å²) in [6.45, 7) is 2.59. The number of hydrogen-bond donors (Lipinski definition) is 0. The van der Waals surface area contributed by atoms with E-state index in [1.165, 1.54) is 0 Å². The number of piperidine rings is 1. The number of pyridine rings is 1. The fourth-order valence-electron chi connectivity index (χ4n) is 3.09. The Balaban J connectivity index is 1.46. The number of furan rings is 1. The van der Waals surface area contributed by atoms with Crippen LogP contribution in [0, 0.1) is 5.92 Å². The molecule has 1 saturated heterocycles. The summed E-state index contributed by atoms with van der Waals surface area (Å²) in [5.74, 6) is 2.04. The van der Waals surface area contributed by atoms with Gasteiger partial charge in [-0.1, -0.05) is 0 Å². The fourth-order valence-corrected chi connectivity index (χ4v) is 3.09. The smallest absolute Gasteiger partial charge is 0.232 e. The zero-order valence-corrected chi connectivity index (χ0v) is 12.8. The Hall–Kier alpha value is -2.63. The van der Waals surface area contributed by atoms with Gasteiger partial charge in [0.05, 0.1) is 24.5 Å². The summed E-state index contributed by atoms with van der Waals surface area (Å²) in [5.41, 5.74) is 0.882. The van der Waals surface area contributed by atoms with E-state index in [0.717, 1.165) is 42.7 Å². The summed E-state index contributed by atoms with van der Waals surface area (Å²) >= 11 is 0. The van der Waals surface area contributed by atoms with Gasteiger partial charge in [-0.05, 0) is 25.0 Å². The molecule has 0 N–H and O–H groups in total. The summed E-state index contributed by atoms with van der Waals surface area (Å²) in [7, 11) is 0. The van der Waals surface area contributed by atoms with Crippen molar-refractivity contribution in [1.82, 2.24) is 15.0 Å². The van der Waals surface area contributed by atoms with Crippen LogP contribution in [0.3, 0.4) is 0 Å². The lowest BCUT2D eigenvalue weighted by Gasteiger charge is -2.33. The average molecular weight is 310 g/mol. The summed E-state index contributed by atoms with van der Waals surface area (Å²) in [6.07, 6.45) is 10.7. The standard InChI is InChI=1S/C17H18N4O2/c1-2-13(12-23-16-10-18-6-7-19-16)11-21(8-1)17-14-4-9-22-15(14)3-5-20-17/h3-7,9-10,13H,1-2,8,11-12H2. The molecule has 0 aromatic carbocycles. The third kappa shape index (κ3) is 2.97. The van der Waals surface area contributed by atoms with Crippen LogP contribution in [0.15, 0.2) is 47.6 Å². The maximum atomic E-state index is 5.76. The summed E-state index contributed by atoms with van der Waals surface area (Å²) in [5, 5.41) is 1.07. The van der Waals surface area contributed by atoms with Crippen molar-refractivity contribution in [2.45, 2.75) is 12.8 Å². The van der Waals surface area contributed by atoms with Gasteiger partial charge in [-0.3, -0.25) is 4.98 Å². The van der Waals surface area contributed by atoms with Crippen LogP contribution in [0.2, 0.25) is 0 Å². The Morgan fingerprint density at radius 2 is 2.22 bits per heavy atom. The molecule has 23 heavy (non-hydrogen) atoms. The van der Waals surface area contributed by atoms with Crippen molar-refractivity contribution in [3.05, 3.63) is 43.2 Å². The van der Waals surface area contributed by atoms with Crippen molar-refractivity contribution in [3.8, 4) is 5.88 Å². The minimum atomic E-state index is 0.453. The van der Waals surface area contributed by atoms with Crippen molar-refractivity contribution < 1.29 is 9.15 Å². The highest BCUT2D eigenvalue weighted by Gasteiger charge is 2.23. The first-order valence-electron chi connectivity index (χ1n) is 7.86. The zero-order valence-electron chi connectivity index (χ0n) is 12.8. The molecule has 1 unspecified atom stereocenters. The van der Waals surface area contributed by atoms with E-state index in [2.05, 4.69) is 19.9 Å². The molecule has 4 heterocycles. The predicted octanol–water partition coefficient (Wildman–Crippen LogP) is 2.91. The lowest BCUT2D eigenvalue weighted by atomic mass is 9.99. The lowest BCUT2D eigenvalue weighted by Crippen LogP contribution is -2.38. The van der Waals surface area contributed by atoms with E-state index in [9.17, 15) is 0 Å². The number of aromatic nitrogens is 3. The second kappa shape index (κ2) is 6.24. The molecule has 6 nitrogen and oxygen atoms in total. The number of ether oxygens (including phenoxy) is 1. The van der Waals surface area contributed by atoms with E-state index in [1.54, 1.807) is 31.1 Å². The van der Waals surface area contributed by atoms with Crippen molar-refractivity contribution >= 4 is 16.8 Å². The highest BCUT2D eigenvalue weighted by atomic mass is 16.5. The SMILES string of the molecule is c1cnc(OCC2CCCN(c3nccc4occc34)C2)cn1. The Bertz CT molecular complexity index is 774. The molecular formula is C17H18N4O2.